The van der Waals surface area contributed by atoms with Gasteiger partial charge in [-0.05, 0) is 47.5 Å². The van der Waals surface area contributed by atoms with Crippen LogP contribution in [0.1, 0.15) is 20.7 Å². The molecule has 0 heterocycles. The monoisotopic (exact) mass is 642 g/mol. The number of benzene rings is 3. The Morgan fingerprint density at radius 2 is 0.783 bits per heavy atom. The molecule has 0 bridgehead atoms. The van der Waals surface area contributed by atoms with Crippen LogP contribution < -0.4 is 9.47 Å². The van der Waals surface area contributed by atoms with Crippen molar-refractivity contribution in [1.82, 2.24) is 0 Å². The Bertz CT molecular complexity index is 1220. The Morgan fingerprint density at radius 1 is 0.478 bits per heavy atom. The molecule has 12 nitrogen and oxygen atoms in total. The predicted octanol–water partition coefficient (Wildman–Crippen LogP) is 4.53. The molecular weight excluding hydrogens is 600 g/mol. The number of ether oxygens (including phenoxy) is 8. The molecule has 12 heteroatoms. The third-order valence-corrected chi connectivity index (χ3v) is 6.55. The lowest BCUT2D eigenvalue weighted by atomic mass is 9.96. The number of hydrogen-bond donors (Lipinski definition) is 2. The van der Waals surface area contributed by atoms with Gasteiger partial charge in [0.05, 0.1) is 77.2 Å². The maximum atomic E-state index is 11.5. The maximum absolute atomic E-state index is 11.5. The second-order valence-corrected chi connectivity index (χ2v) is 9.74. The summed E-state index contributed by atoms with van der Waals surface area (Å²) in [6.07, 6.45) is 0. The molecule has 0 aliphatic carbocycles. The van der Waals surface area contributed by atoms with Gasteiger partial charge < -0.3 is 48.1 Å². The number of methoxy groups -OCH3 is 2. The highest BCUT2D eigenvalue weighted by molar-refractivity contribution is 5.90. The van der Waals surface area contributed by atoms with Crippen LogP contribution in [0.15, 0.2) is 60.7 Å². The van der Waals surface area contributed by atoms with Gasteiger partial charge in [0.25, 0.3) is 0 Å². The molecule has 250 valence electrons. The van der Waals surface area contributed by atoms with Gasteiger partial charge in [0, 0.05) is 25.3 Å². The van der Waals surface area contributed by atoms with Gasteiger partial charge in [-0.1, -0.05) is 24.3 Å². The summed E-state index contributed by atoms with van der Waals surface area (Å²) in [4.78, 5) is 22.9. The van der Waals surface area contributed by atoms with Crippen LogP contribution in [-0.4, -0.2) is 116 Å². The van der Waals surface area contributed by atoms with Gasteiger partial charge in [0.1, 0.15) is 24.7 Å². The van der Waals surface area contributed by atoms with Crippen LogP contribution in [0, 0.1) is 0 Å². The molecule has 0 radical (unpaired) electrons. The SMILES string of the molecule is COCCOCCOCCOc1cc(-c2ccc(C(=O)O)cc2)c(OCCOCCOCCOC)cc1-c1ccc(C(=O)O)cc1. The summed E-state index contributed by atoms with van der Waals surface area (Å²) < 4.78 is 44.4. The van der Waals surface area contributed by atoms with Crippen molar-refractivity contribution >= 4 is 11.9 Å². The van der Waals surface area contributed by atoms with E-state index in [-0.39, 0.29) is 24.3 Å². The van der Waals surface area contributed by atoms with E-state index >= 15 is 0 Å². The summed E-state index contributed by atoms with van der Waals surface area (Å²) in [5, 5.41) is 18.8. The van der Waals surface area contributed by atoms with Crippen molar-refractivity contribution in [3.05, 3.63) is 71.8 Å². The molecular formula is C34H42O12. The Balaban J connectivity index is 1.83. The standard InChI is InChI=1S/C34H42O12/c1-39-11-13-41-15-17-43-19-21-45-31-23-30(26-5-9-28(10-6-26)34(37)38)32(46-22-20-44-18-16-42-14-12-40-2)24-29(31)25-3-7-27(8-4-25)33(35)36/h3-10,23-24H,11-22H2,1-2H3,(H,35,36)(H,37,38). The minimum atomic E-state index is -1.03. The lowest BCUT2D eigenvalue weighted by Gasteiger charge is -2.19. The lowest BCUT2D eigenvalue weighted by Crippen LogP contribution is -2.13. The molecule has 0 spiro atoms. The van der Waals surface area contributed by atoms with Crippen LogP contribution in [0.2, 0.25) is 0 Å². The molecule has 0 saturated carbocycles. The highest BCUT2D eigenvalue weighted by Crippen LogP contribution is 2.41. The molecule has 3 aromatic rings. The van der Waals surface area contributed by atoms with Gasteiger partial charge in [0.15, 0.2) is 0 Å². The van der Waals surface area contributed by atoms with Gasteiger partial charge in [0.2, 0.25) is 0 Å². The van der Waals surface area contributed by atoms with Crippen LogP contribution in [0.3, 0.4) is 0 Å². The van der Waals surface area contributed by atoms with Crippen LogP contribution >= 0.6 is 0 Å². The Labute approximate surface area is 268 Å². The predicted molar refractivity (Wildman–Crippen MR) is 169 cm³/mol. The van der Waals surface area contributed by atoms with Crippen molar-refractivity contribution in [2.75, 3.05) is 93.5 Å². The van der Waals surface area contributed by atoms with Gasteiger partial charge in [-0.2, -0.15) is 0 Å². The lowest BCUT2D eigenvalue weighted by molar-refractivity contribution is 0.0178. The highest BCUT2D eigenvalue weighted by Gasteiger charge is 2.17. The number of rotatable bonds is 24. The van der Waals surface area contributed by atoms with Gasteiger partial charge in [-0.25, -0.2) is 9.59 Å². The fourth-order valence-electron chi connectivity index (χ4n) is 4.18. The largest absolute Gasteiger partial charge is 0.491 e. The number of hydrogen-bond acceptors (Lipinski definition) is 10. The van der Waals surface area contributed by atoms with E-state index in [0.717, 1.165) is 11.1 Å². The number of aromatic carboxylic acids is 2. The summed E-state index contributed by atoms with van der Waals surface area (Å²) in [5.41, 5.74) is 3.09. The molecule has 0 saturated heterocycles. The maximum Gasteiger partial charge on any atom is 0.335 e. The van der Waals surface area contributed by atoms with Crippen LogP contribution in [-0.2, 0) is 28.4 Å². The van der Waals surface area contributed by atoms with Crippen molar-refractivity contribution in [2.24, 2.45) is 0 Å². The number of carbonyl (C=O) groups is 2. The smallest absolute Gasteiger partial charge is 0.335 e. The fraction of sp³-hybridized carbons (Fsp3) is 0.412. The van der Waals surface area contributed by atoms with Crippen molar-refractivity contribution in [3.8, 4) is 33.8 Å². The zero-order valence-corrected chi connectivity index (χ0v) is 26.2. The normalized spacial score (nSPS) is 11.0. The highest BCUT2D eigenvalue weighted by atomic mass is 16.6. The van der Waals surface area contributed by atoms with E-state index in [1.807, 2.05) is 12.1 Å². The van der Waals surface area contributed by atoms with Crippen LogP contribution in [0.5, 0.6) is 11.5 Å². The van der Waals surface area contributed by atoms with Crippen molar-refractivity contribution < 1.29 is 57.7 Å². The first-order chi connectivity index (χ1) is 22.4. The average Bonchev–Trinajstić information content (AvgIpc) is 3.07. The van der Waals surface area contributed by atoms with E-state index in [9.17, 15) is 19.8 Å². The number of carboxylic acids is 2. The first kappa shape index (κ1) is 36.4. The number of carboxylic acid groups (broad SMARTS) is 2. The molecule has 0 fully saturated rings. The molecule has 2 N–H and O–H groups in total. The first-order valence-corrected chi connectivity index (χ1v) is 14.8. The third kappa shape index (κ3) is 12.4. The molecule has 0 amide bonds. The summed E-state index contributed by atoms with van der Waals surface area (Å²) >= 11 is 0. The van der Waals surface area contributed by atoms with Crippen LogP contribution in [0.4, 0.5) is 0 Å². The van der Waals surface area contributed by atoms with Crippen LogP contribution in [0.25, 0.3) is 22.3 Å². The summed E-state index contributed by atoms with van der Waals surface area (Å²) in [5.74, 6) is -1.03. The van der Waals surface area contributed by atoms with E-state index in [0.29, 0.717) is 88.7 Å². The Morgan fingerprint density at radius 3 is 1.09 bits per heavy atom. The van der Waals surface area contributed by atoms with Crippen molar-refractivity contribution in [2.45, 2.75) is 0 Å². The second kappa shape index (κ2) is 20.9. The van der Waals surface area contributed by atoms with Gasteiger partial charge >= 0.3 is 11.9 Å². The molecule has 0 aromatic heterocycles. The minimum absolute atomic E-state index is 0.155. The first-order valence-electron chi connectivity index (χ1n) is 14.8. The summed E-state index contributed by atoms with van der Waals surface area (Å²) in [6.45, 7) is 4.71. The quantitative estimate of drug-likeness (QED) is 0.132. The topological polar surface area (TPSA) is 148 Å². The van der Waals surface area contributed by atoms with E-state index in [4.69, 9.17) is 37.9 Å². The molecule has 0 atom stereocenters. The molecule has 0 aliphatic rings. The van der Waals surface area contributed by atoms with Crippen molar-refractivity contribution in [3.63, 3.8) is 0 Å². The zero-order valence-electron chi connectivity index (χ0n) is 26.2. The Kier molecular flexibility index (Phi) is 16.5. The minimum Gasteiger partial charge on any atom is -0.491 e. The van der Waals surface area contributed by atoms with E-state index in [1.54, 1.807) is 38.5 Å². The molecule has 0 unspecified atom stereocenters. The molecule has 3 aromatic carbocycles. The van der Waals surface area contributed by atoms with E-state index < -0.39 is 11.9 Å². The van der Waals surface area contributed by atoms with E-state index in [1.165, 1.54) is 24.3 Å². The summed E-state index contributed by atoms with van der Waals surface area (Å²) in [6, 6.07) is 16.6. The average molecular weight is 643 g/mol. The van der Waals surface area contributed by atoms with E-state index in [2.05, 4.69) is 0 Å². The Hall–Kier alpha value is -4.04. The summed E-state index contributed by atoms with van der Waals surface area (Å²) in [7, 11) is 3.22. The molecule has 3 rings (SSSR count). The zero-order chi connectivity index (χ0) is 33.0. The molecule has 46 heavy (non-hydrogen) atoms. The second-order valence-electron chi connectivity index (χ2n) is 9.74. The fourth-order valence-corrected chi connectivity index (χ4v) is 4.18. The third-order valence-electron chi connectivity index (χ3n) is 6.55. The van der Waals surface area contributed by atoms with Crippen molar-refractivity contribution in [1.29, 1.82) is 0 Å². The van der Waals surface area contributed by atoms with Gasteiger partial charge in [-0.3, -0.25) is 0 Å². The molecule has 0 aliphatic heterocycles. The van der Waals surface area contributed by atoms with Gasteiger partial charge in [-0.15, -0.1) is 0 Å².